The third-order valence-electron chi connectivity index (χ3n) is 2.91. The van der Waals surface area contributed by atoms with Crippen LogP contribution in [0.25, 0.3) is 0 Å². The zero-order chi connectivity index (χ0) is 15.0. The summed E-state index contributed by atoms with van der Waals surface area (Å²) < 4.78 is 5.34. The Balaban J connectivity index is 2.48. The summed E-state index contributed by atoms with van der Waals surface area (Å²) in [4.78, 5) is 22.2. The van der Waals surface area contributed by atoms with Gasteiger partial charge < -0.3 is 15.2 Å². The highest BCUT2D eigenvalue weighted by Crippen LogP contribution is 2.12. The van der Waals surface area contributed by atoms with Gasteiger partial charge in [0, 0.05) is 12.1 Å². The van der Waals surface area contributed by atoms with E-state index in [2.05, 4.69) is 5.32 Å². The van der Waals surface area contributed by atoms with E-state index in [-0.39, 0.29) is 25.0 Å². The molecular weight excluding hydrogens is 258 g/mol. The molecule has 0 spiro atoms. The van der Waals surface area contributed by atoms with E-state index in [0.717, 1.165) is 12.0 Å². The van der Waals surface area contributed by atoms with Crippen LogP contribution in [0.5, 0.6) is 0 Å². The number of hydrogen-bond acceptors (Lipinski definition) is 3. The van der Waals surface area contributed by atoms with Crippen molar-refractivity contribution in [1.29, 1.82) is 0 Å². The van der Waals surface area contributed by atoms with Crippen molar-refractivity contribution in [3.05, 3.63) is 29.8 Å². The molecule has 1 unspecified atom stereocenters. The number of aryl methyl sites for hydroxylation is 1. The smallest absolute Gasteiger partial charge is 0.303 e. The minimum absolute atomic E-state index is 0.0222. The summed E-state index contributed by atoms with van der Waals surface area (Å²) in [7, 11) is 0. The molecule has 1 amide bonds. The molecule has 110 valence electrons. The van der Waals surface area contributed by atoms with Gasteiger partial charge in [-0.3, -0.25) is 9.59 Å². The summed E-state index contributed by atoms with van der Waals surface area (Å²) in [5.74, 6) is -1.04. The highest BCUT2D eigenvalue weighted by molar-refractivity contribution is 5.91. The first kappa shape index (κ1) is 16.2. The molecule has 0 saturated heterocycles. The molecule has 0 heterocycles. The van der Waals surface area contributed by atoms with Crippen molar-refractivity contribution in [3.8, 4) is 0 Å². The fraction of sp³-hybridized carbons (Fsp3) is 0.467. The predicted molar refractivity (Wildman–Crippen MR) is 76.7 cm³/mol. The van der Waals surface area contributed by atoms with E-state index >= 15 is 0 Å². The molecule has 0 aliphatic rings. The predicted octanol–water partition coefficient (Wildman–Crippen LogP) is 2.46. The lowest BCUT2D eigenvalue weighted by Gasteiger charge is -2.11. The van der Waals surface area contributed by atoms with E-state index in [0.29, 0.717) is 12.1 Å². The second-order valence-corrected chi connectivity index (χ2v) is 4.67. The summed E-state index contributed by atoms with van der Waals surface area (Å²) >= 11 is 0. The molecule has 1 aromatic carbocycles. The number of rotatable bonds is 8. The van der Waals surface area contributed by atoms with E-state index in [1.807, 2.05) is 19.9 Å². The van der Waals surface area contributed by atoms with Crippen LogP contribution in [-0.2, 0) is 20.7 Å². The Hall–Kier alpha value is -1.88. The number of ether oxygens (including phenoxy) is 1. The molecular formula is C15H21NO4. The van der Waals surface area contributed by atoms with Gasteiger partial charge in [-0.15, -0.1) is 0 Å². The van der Waals surface area contributed by atoms with Crippen LogP contribution in [0.3, 0.4) is 0 Å². The molecule has 0 saturated carbocycles. The second-order valence-electron chi connectivity index (χ2n) is 4.67. The number of carboxylic acid groups (broad SMARTS) is 1. The number of benzene rings is 1. The van der Waals surface area contributed by atoms with Crippen LogP contribution in [0.1, 0.15) is 32.3 Å². The number of hydrogen-bond donors (Lipinski definition) is 2. The summed E-state index contributed by atoms with van der Waals surface area (Å²) in [6.07, 6.45) is 1.44. The third-order valence-corrected chi connectivity index (χ3v) is 2.91. The molecule has 2 N–H and O–H groups in total. The SMILES string of the molecule is CCC(C)OCC(=O)Nc1cccc(CCC(=O)O)c1. The van der Waals surface area contributed by atoms with Crippen LogP contribution in [0.15, 0.2) is 24.3 Å². The molecule has 0 fully saturated rings. The zero-order valence-corrected chi connectivity index (χ0v) is 11.9. The number of nitrogens with one attached hydrogen (secondary N) is 1. The van der Waals surface area contributed by atoms with Gasteiger partial charge in [-0.2, -0.15) is 0 Å². The maximum absolute atomic E-state index is 11.7. The first-order chi connectivity index (χ1) is 9.51. The Kier molecular flexibility index (Phi) is 6.73. The zero-order valence-electron chi connectivity index (χ0n) is 11.9. The van der Waals surface area contributed by atoms with Crippen LogP contribution in [-0.4, -0.2) is 29.7 Å². The van der Waals surface area contributed by atoms with Gasteiger partial charge in [0.2, 0.25) is 5.91 Å². The van der Waals surface area contributed by atoms with Crippen molar-refractivity contribution in [2.45, 2.75) is 39.2 Å². The maximum atomic E-state index is 11.7. The number of carbonyl (C=O) groups is 2. The molecule has 5 nitrogen and oxygen atoms in total. The molecule has 1 atom stereocenters. The molecule has 0 bridgehead atoms. The fourth-order valence-electron chi connectivity index (χ4n) is 1.59. The van der Waals surface area contributed by atoms with Gasteiger partial charge in [0.1, 0.15) is 6.61 Å². The maximum Gasteiger partial charge on any atom is 0.303 e. The number of amides is 1. The Morgan fingerprint density at radius 1 is 1.40 bits per heavy atom. The van der Waals surface area contributed by atoms with Crippen molar-refractivity contribution >= 4 is 17.6 Å². The fourth-order valence-corrected chi connectivity index (χ4v) is 1.59. The van der Waals surface area contributed by atoms with E-state index in [1.54, 1.807) is 18.2 Å². The molecule has 5 heteroatoms. The van der Waals surface area contributed by atoms with Crippen molar-refractivity contribution < 1.29 is 19.4 Å². The van der Waals surface area contributed by atoms with Crippen molar-refractivity contribution in [2.24, 2.45) is 0 Å². The van der Waals surface area contributed by atoms with E-state index in [1.165, 1.54) is 0 Å². The molecule has 0 aliphatic heterocycles. The van der Waals surface area contributed by atoms with Crippen molar-refractivity contribution in [3.63, 3.8) is 0 Å². The topological polar surface area (TPSA) is 75.6 Å². The van der Waals surface area contributed by atoms with E-state index < -0.39 is 5.97 Å². The van der Waals surface area contributed by atoms with Gasteiger partial charge in [-0.1, -0.05) is 19.1 Å². The van der Waals surface area contributed by atoms with Crippen LogP contribution in [0, 0.1) is 0 Å². The molecule has 0 aliphatic carbocycles. The summed E-state index contributed by atoms with van der Waals surface area (Å²) in [5, 5.41) is 11.4. The van der Waals surface area contributed by atoms with E-state index in [9.17, 15) is 9.59 Å². The van der Waals surface area contributed by atoms with Crippen LogP contribution >= 0.6 is 0 Å². The summed E-state index contributed by atoms with van der Waals surface area (Å²) in [5.41, 5.74) is 1.54. The lowest BCUT2D eigenvalue weighted by Crippen LogP contribution is -2.21. The summed E-state index contributed by atoms with van der Waals surface area (Å²) in [6, 6.07) is 7.19. The first-order valence-corrected chi connectivity index (χ1v) is 6.73. The standard InChI is InChI=1S/C15H21NO4/c1-3-11(2)20-10-14(17)16-13-6-4-5-12(9-13)7-8-15(18)19/h4-6,9,11H,3,7-8,10H2,1-2H3,(H,16,17)(H,18,19). The molecule has 0 aromatic heterocycles. The molecule has 1 aromatic rings. The minimum Gasteiger partial charge on any atom is -0.481 e. The van der Waals surface area contributed by atoms with Crippen LogP contribution in [0.4, 0.5) is 5.69 Å². The largest absolute Gasteiger partial charge is 0.481 e. The van der Waals surface area contributed by atoms with Crippen molar-refractivity contribution in [1.82, 2.24) is 0 Å². The number of carboxylic acids is 1. The van der Waals surface area contributed by atoms with Gasteiger partial charge in [-0.05, 0) is 37.5 Å². The average molecular weight is 279 g/mol. The Bertz CT molecular complexity index is 459. The van der Waals surface area contributed by atoms with Gasteiger partial charge >= 0.3 is 5.97 Å². The van der Waals surface area contributed by atoms with Gasteiger partial charge in [-0.25, -0.2) is 0 Å². The number of carbonyl (C=O) groups excluding carboxylic acids is 1. The Morgan fingerprint density at radius 2 is 2.15 bits per heavy atom. The second kappa shape index (κ2) is 8.32. The van der Waals surface area contributed by atoms with Crippen molar-refractivity contribution in [2.75, 3.05) is 11.9 Å². The highest BCUT2D eigenvalue weighted by atomic mass is 16.5. The van der Waals surface area contributed by atoms with Gasteiger partial charge in [0.25, 0.3) is 0 Å². The normalized spacial score (nSPS) is 11.9. The number of anilines is 1. The third kappa shape index (κ3) is 6.33. The van der Waals surface area contributed by atoms with Gasteiger partial charge in [0.15, 0.2) is 0 Å². The first-order valence-electron chi connectivity index (χ1n) is 6.73. The Morgan fingerprint density at radius 3 is 2.80 bits per heavy atom. The molecule has 0 radical (unpaired) electrons. The lowest BCUT2D eigenvalue weighted by molar-refractivity contribution is -0.137. The Labute approximate surface area is 118 Å². The summed E-state index contributed by atoms with van der Waals surface area (Å²) in [6.45, 7) is 3.93. The molecule has 20 heavy (non-hydrogen) atoms. The quantitative estimate of drug-likeness (QED) is 0.766. The van der Waals surface area contributed by atoms with Gasteiger partial charge in [0.05, 0.1) is 6.10 Å². The van der Waals surface area contributed by atoms with Crippen LogP contribution in [0.2, 0.25) is 0 Å². The lowest BCUT2D eigenvalue weighted by atomic mass is 10.1. The average Bonchev–Trinajstić information content (AvgIpc) is 2.43. The monoisotopic (exact) mass is 279 g/mol. The van der Waals surface area contributed by atoms with Crippen LogP contribution < -0.4 is 5.32 Å². The molecule has 1 rings (SSSR count). The highest BCUT2D eigenvalue weighted by Gasteiger charge is 2.06. The van der Waals surface area contributed by atoms with E-state index in [4.69, 9.17) is 9.84 Å². The number of aliphatic carboxylic acids is 1. The minimum atomic E-state index is -0.832.